The van der Waals surface area contributed by atoms with Crippen molar-refractivity contribution < 1.29 is 4.42 Å². The van der Waals surface area contributed by atoms with E-state index in [1.54, 1.807) is 6.92 Å². The molecule has 0 aliphatic heterocycles. The number of nitrogens with two attached hydrogens (primary N) is 1. The third kappa shape index (κ3) is 1.86. The number of aromatic nitrogens is 1. The van der Waals surface area contributed by atoms with Gasteiger partial charge in [-0.25, -0.2) is 0 Å². The number of hydrogen-bond acceptors (Lipinski definition) is 4. The predicted octanol–water partition coefficient (Wildman–Crippen LogP) is 1.11. The molecule has 1 heterocycles. The predicted molar refractivity (Wildman–Crippen MR) is 55.8 cm³/mol. The quantitative estimate of drug-likeness (QED) is 0.558. The normalized spacial score (nSPS) is 10.2. The molecular formula is C9H16N4O. The van der Waals surface area contributed by atoms with E-state index >= 15 is 0 Å². The van der Waals surface area contributed by atoms with Gasteiger partial charge in [-0.15, -0.1) is 0 Å². The zero-order chi connectivity index (χ0) is 10.7. The monoisotopic (exact) mass is 196 g/mol. The highest BCUT2D eigenvalue weighted by Crippen LogP contribution is 2.17. The summed E-state index contributed by atoms with van der Waals surface area (Å²) in [5.74, 6) is 0.292. The molecule has 1 rings (SSSR count). The lowest BCUT2D eigenvalue weighted by molar-refractivity contribution is 0.531. The number of hydrogen-bond donors (Lipinski definition) is 2. The van der Waals surface area contributed by atoms with Crippen LogP contribution < -0.4 is 10.6 Å². The van der Waals surface area contributed by atoms with Crippen LogP contribution in [0.1, 0.15) is 25.3 Å². The zero-order valence-corrected chi connectivity index (χ0v) is 8.79. The third-order valence-electron chi connectivity index (χ3n) is 2.06. The van der Waals surface area contributed by atoms with Crippen LogP contribution in [0.3, 0.4) is 0 Å². The zero-order valence-electron chi connectivity index (χ0n) is 8.79. The fraction of sp³-hybridized carbons (Fsp3) is 0.556. The van der Waals surface area contributed by atoms with Gasteiger partial charge < -0.3 is 15.1 Å². The minimum absolute atomic E-state index is 0.0755. The van der Waals surface area contributed by atoms with Crippen molar-refractivity contribution in [3.63, 3.8) is 0 Å². The molecule has 5 heteroatoms. The Morgan fingerprint density at radius 1 is 1.50 bits per heavy atom. The first-order chi connectivity index (χ1) is 6.60. The first kappa shape index (κ1) is 10.6. The lowest BCUT2D eigenvalue weighted by atomic mass is 10.3. The fourth-order valence-electron chi connectivity index (χ4n) is 1.26. The minimum atomic E-state index is -0.0755. The lowest BCUT2D eigenvalue weighted by Gasteiger charge is -2.14. The second kappa shape index (κ2) is 4.13. The number of anilines is 1. The van der Waals surface area contributed by atoms with Crippen LogP contribution in [-0.4, -0.2) is 23.9 Å². The molecule has 0 aliphatic rings. The highest BCUT2D eigenvalue weighted by atomic mass is 16.4. The van der Waals surface area contributed by atoms with E-state index in [1.807, 2.05) is 18.7 Å². The second-order valence-electron chi connectivity index (χ2n) is 3.00. The molecule has 0 amide bonds. The number of nitrogens with one attached hydrogen (secondary N) is 1. The van der Waals surface area contributed by atoms with Gasteiger partial charge in [-0.1, -0.05) is 0 Å². The lowest BCUT2D eigenvalue weighted by Crippen LogP contribution is -2.22. The Kier molecular flexibility index (Phi) is 3.11. The van der Waals surface area contributed by atoms with Gasteiger partial charge in [0.05, 0.1) is 5.69 Å². The van der Waals surface area contributed by atoms with E-state index in [2.05, 4.69) is 4.98 Å². The Morgan fingerprint density at radius 3 is 2.43 bits per heavy atom. The van der Waals surface area contributed by atoms with Gasteiger partial charge in [-0.2, -0.15) is 4.98 Å². The van der Waals surface area contributed by atoms with Crippen molar-refractivity contribution >= 4 is 11.9 Å². The molecule has 0 bridgehead atoms. The van der Waals surface area contributed by atoms with Crippen molar-refractivity contribution in [2.24, 2.45) is 5.73 Å². The van der Waals surface area contributed by atoms with Crippen LogP contribution in [0.5, 0.6) is 0 Å². The van der Waals surface area contributed by atoms with Gasteiger partial charge >= 0.3 is 0 Å². The summed E-state index contributed by atoms with van der Waals surface area (Å²) in [6.45, 7) is 7.49. The van der Waals surface area contributed by atoms with Crippen LogP contribution in [-0.2, 0) is 0 Å². The maximum absolute atomic E-state index is 7.27. The van der Waals surface area contributed by atoms with E-state index in [4.69, 9.17) is 15.6 Å². The first-order valence-electron chi connectivity index (χ1n) is 4.66. The van der Waals surface area contributed by atoms with Crippen LogP contribution in [0.2, 0.25) is 0 Å². The number of rotatable bonds is 4. The summed E-state index contributed by atoms with van der Waals surface area (Å²) < 4.78 is 5.39. The molecule has 0 saturated carbocycles. The van der Waals surface area contributed by atoms with Crippen LogP contribution >= 0.6 is 0 Å². The minimum Gasteiger partial charge on any atom is -0.420 e. The summed E-state index contributed by atoms with van der Waals surface area (Å²) in [5.41, 5.74) is 6.01. The van der Waals surface area contributed by atoms with E-state index in [1.165, 1.54) is 0 Å². The van der Waals surface area contributed by atoms with Gasteiger partial charge in [-0.3, -0.25) is 5.41 Å². The molecule has 78 valence electrons. The molecule has 0 unspecified atom stereocenters. The largest absolute Gasteiger partial charge is 0.420 e. The van der Waals surface area contributed by atoms with E-state index in [9.17, 15) is 0 Å². The highest BCUT2D eigenvalue weighted by molar-refractivity contribution is 5.93. The highest BCUT2D eigenvalue weighted by Gasteiger charge is 2.15. The maximum atomic E-state index is 7.27. The SMILES string of the molecule is CCN(CC)c1nc(C)c(C(=N)N)o1. The van der Waals surface area contributed by atoms with E-state index < -0.39 is 0 Å². The van der Waals surface area contributed by atoms with Crippen molar-refractivity contribution in [1.29, 1.82) is 5.41 Å². The summed E-state index contributed by atoms with van der Waals surface area (Å²) in [5, 5.41) is 7.27. The molecule has 14 heavy (non-hydrogen) atoms. The number of nitrogens with zero attached hydrogens (tertiary/aromatic N) is 2. The maximum Gasteiger partial charge on any atom is 0.298 e. The van der Waals surface area contributed by atoms with E-state index in [0.29, 0.717) is 17.5 Å². The molecule has 0 aliphatic carbocycles. The molecule has 1 aromatic rings. The molecule has 0 spiro atoms. The summed E-state index contributed by atoms with van der Waals surface area (Å²) in [6, 6.07) is 0.540. The molecule has 0 atom stereocenters. The van der Waals surface area contributed by atoms with Crippen molar-refractivity contribution in [2.45, 2.75) is 20.8 Å². The molecule has 3 N–H and O–H groups in total. The number of amidine groups is 1. The van der Waals surface area contributed by atoms with Gasteiger partial charge in [0.25, 0.3) is 6.01 Å². The molecule has 0 saturated heterocycles. The van der Waals surface area contributed by atoms with E-state index in [-0.39, 0.29) is 5.84 Å². The van der Waals surface area contributed by atoms with Gasteiger partial charge in [0.2, 0.25) is 0 Å². The average molecular weight is 196 g/mol. The number of oxazole rings is 1. The van der Waals surface area contributed by atoms with Crippen LogP contribution in [0.25, 0.3) is 0 Å². The molecule has 1 aromatic heterocycles. The summed E-state index contributed by atoms with van der Waals surface area (Å²) in [6.07, 6.45) is 0. The Balaban J connectivity index is 3.01. The van der Waals surface area contributed by atoms with Crippen LogP contribution in [0.15, 0.2) is 4.42 Å². The summed E-state index contributed by atoms with van der Waals surface area (Å²) in [7, 11) is 0. The van der Waals surface area contributed by atoms with Crippen molar-refractivity contribution in [3.05, 3.63) is 11.5 Å². The topological polar surface area (TPSA) is 79.1 Å². The van der Waals surface area contributed by atoms with Gasteiger partial charge in [-0.05, 0) is 20.8 Å². The third-order valence-corrected chi connectivity index (χ3v) is 2.06. The average Bonchev–Trinajstić information content (AvgIpc) is 2.50. The van der Waals surface area contributed by atoms with Gasteiger partial charge in [0, 0.05) is 13.1 Å². The molecule has 5 nitrogen and oxygen atoms in total. The van der Waals surface area contributed by atoms with Crippen LogP contribution in [0.4, 0.5) is 6.01 Å². The smallest absolute Gasteiger partial charge is 0.298 e. The molecular weight excluding hydrogens is 180 g/mol. The number of aryl methyl sites for hydroxylation is 1. The van der Waals surface area contributed by atoms with Crippen molar-refractivity contribution in [3.8, 4) is 0 Å². The molecule has 0 fully saturated rings. The van der Waals surface area contributed by atoms with Gasteiger partial charge in [0.1, 0.15) is 0 Å². The Morgan fingerprint density at radius 2 is 2.07 bits per heavy atom. The molecule has 0 radical (unpaired) electrons. The number of nitrogen functional groups attached to an aromatic ring is 1. The summed E-state index contributed by atoms with van der Waals surface area (Å²) >= 11 is 0. The Hall–Kier alpha value is -1.52. The van der Waals surface area contributed by atoms with E-state index in [0.717, 1.165) is 13.1 Å². The van der Waals surface area contributed by atoms with Crippen molar-refractivity contribution in [2.75, 3.05) is 18.0 Å². The second-order valence-corrected chi connectivity index (χ2v) is 3.00. The van der Waals surface area contributed by atoms with Crippen LogP contribution in [0, 0.1) is 12.3 Å². The Bertz CT molecular complexity index is 328. The van der Waals surface area contributed by atoms with Crippen molar-refractivity contribution in [1.82, 2.24) is 4.98 Å². The Labute approximate surface area is 83.4 Å². The molecule has 0 aromatic carbocycles. The van der Waals surface area contributed by atoms with Gasteiger partial charge in [0.15, 0.2) is 11.6 Å². The standard InChI is InChI=1S/C9H16N4O/c1-4-13(5-2)9-12-6(3)7(14-9)8(10)11/h4-5H2,1-3H3,(H3,10,11). The summed E-state index contributed by atoms with van der Waals surface area (Å²) in [4.78, 5) is 6.18. The fourth-order valence-corrected chi connectivity index (χ4v) is 1.26. The first-order valence-corrected chi connectivity index (χ1v) is 4.66.